The second kappa shape index (κ2) is 4.05. The molecule has 7 nitrogen and oxygen atoms in total. The van der Waals surface area contributed by atoms with Crippen molar-refractivity contribution in [2.45, 2.75) is 5.22 Å². The van der Waals surface area contributed by atoms with E-state index in [2.05, 4.69) is 16.1 Å². The Bertz CT molecular complexity index is 463. The molecule has 0 unspecified atom stereocenters. The number of carbonyl (C=O) groups is 1. The van der Waals surface area contributed by atoms with Gasteiger partial charge in [0.25, 0.3) is 5.22 Å². The maximum absolute atomic E-state index is 11.2. The van der Waals surface area contributed by atoms with Crippen LogP contribution in [-0.2, 0) is 4.79 Å². The molecular formula is C7H8N4O3S. The SMILES string of the molecule is O=CNNn1nc([SH]2C=CC=C2)oc1=O. The largest absolute Gasteiger partial charge is 0.458 e. The average molecular weight is 228 g/mol. The van der Waals surface area contributed by atoms with Crippen LogP contribution in [0.3, 0.4) is 0 Å². The van der Waals surface area contributed by atoms with E-state index in [0.717, 1.165) is 4.79 Å². The molecule has 15 heavy (non-hydrogen) atoms. The first-order chi connectivity index (χ1) is 7.31. The zero-order chi connectivity index (χ0) is 10.7. The highest BCUT2D eigenvalue weighted by molar-refractivity contribution is 8.22. The fraction of sp³-hybridized carbons (Fsp3) is 0. The molecule has 0 atom stereocenters. The summed E-state index contributed by atoms with van der Waals surface area (Å²) in [7, 11) is -0.766. The molecule has 0 fully saturated rings. The summed E-state index contributed by atoms with van der Waals surface area (Å²) in [6.07, 6.45) is 4.12. The molecule has 1 aromatic heterocycles. The molecule has 0 aliphatic carbocycles. The minimum atomic E-state index is -0.766. The summed E-state index contributed by atoms with van der Waals surface area (Å²) in [5.74, 6) is -0.671. The number of rotatable bonds is 4. The van der Waals surface area contributed by atoms with Crippen LogP contribution in [0.25, 0.3) is 0 Å². The summed E-state index contributed by atoms with van der Waals surface area (Å²) < 4.78 is 4.90. The lowest BCUT2D eigenvalue weighted by molar-refractivity contribution is -0.109. The van der Waals surface area contributed by atoms with Crippen LogP contribution >= 0.6 is 10.9 Å². The number of thiol groups is 1. The van der Waals surface area contributed by atoms with Crippen LogP contribution in [0, 0.1) is 0 Å². The van der Waals surface area contributed by atoms with Crippen LogP contribution in [0.2, 0.25) is 0 Å². The maximum atomic E-state index is 11.2. The third kappa shape index (κ3) is 1.94. The predicted octanol–water partition coefficient (Wildman–Crippen LogP) is -0.558. The van der Waals surface area contributed by atoms with Gasteiger partial charge in [-0.2, -0.15) is 0 Å². The maximum Gasteiger partial charge on any atom is 0.458 e. The van der Waals surface area contributed by atoms with Gasteiger partial charge in [-0.05, 0) is 10.8 Å². The van der Waals surface area contributed by atoms with Gasteiger partial charge in [-0.25, -0.2) is 10.3 Å². The minimum Gasteiger partial charge on any atom is -0.382 e. The van der Waals surface area contributed by atoms with Gasteiger partial charge in [0.15, 0.2) is 0 Å². The van der Waals surface area contributed by atoms with Crippen LogP contribution in [0.15, 0.2) is 37.4 Å². The summed E-state index contributed by atoms with van der Waals surface area (Å²) >= 11 is 0. The van der Waals surface area contributed by atoms with Crippen molar-refractivity contribution in [1.29, 1.82) is 0 Å². The average Bonchev–Trinajstić information content (AvgIpc) is 2.83. The molecule has 0 spiro atoms. The Morgan fingerprint density at radius 2 is 2.20 bits per heavy atom. The van der Waals surface area contributed by atoms with Crippen molar-refractivity contribution in [1.82, 2.24) is 15.3 Å². The highest BCUT2D eigenvalue weighted by atomic mass is 32.2. The molecule has 1 aliphatic rings. The first-order valence-corrected chi connectivity index (χ1v) is 5.48. The monoisotopic (exact) mass is 228 g/mol. The lowest BCUT2D eigenvalue weighted by Gasteiger charge is -2.01. The van der Waals surface area contributed by atoms with Crippen LogP contribution in [0.5, 0.6) is 0 Å². The zero-order valence-corrected chi connectivity index (χ0v) is 8.35. The lowest BCUT2D eigenvalue weighted by atomic mass is 10.6. The Balaban J connectivity index is 2.20. The smallest absolute Gasteiger partial charge is 0.382 e. The molecule has 0 bridgehead atoms. The summed E-state index contributed by atoms with van der Waals surface area (Å²) in [6.45, 7) is 0. The molecule has 0 radical (unpaired) electrons. The van der Waals surface area contributed by atoms with Gasteiger partial charge in [-0.15, -0.1) is 10.9 Å². The molecule has 2 rings (SSSR count). The van der Waals surface area contributed by atoms with Crippen molar-refractivity contribution in [3.63, 3.8) is 0 Å². The summed E-state index contributed by atoms with van der Waals surface area (Å²) in [6, 6.07) is 0. The molecule has 1 aliphatic heterocycles. The van der Waals surface area contributed by atoms with E-state index >= 15 is 0 Å². The molecule has 80 valence electrons. The van der Waals surface area contributed by atoms with Crippen molar-refractivity contribution in [2.75, 3.05) is 5.53 Å². The molecule has 8 heteroatoms. The second-order valence-electron chi connectivity index (χ2n) is 2.53. The Hall–Kier alpha value is -1.96. The summed E-state index contributed by atoms with van der Waals surface area (Å²) in [5, 5.41) is 8.00. The highest BCUT2D eigenvalue weighted by Crippen LogP contribution is 2.39. The van der Waals surface area contributed by atoms with Gasteiger partial charge in [0.1, 0.15) is 0 Å². The quantitative estimate of drug-likeness (QED) is 0.365. The minimum absolute atomic E-state index is 0.334. The fourth-order valence-corrected chi connectivity index (χ4v) is 2.29. The number of hydrazine groups is 1. The van der Waals surface area contributed by atoms with E-state index in [0.29, 0.717) is 11.6 Å². The number of nitrogens with one attached hydrogen (secondary N) is 2. The van der Waals surface area contributed by atoms with Crippen LogP contribution in [-0.4, -0.2) is 16.3 Å². The zero-order valence-electron chi connectivity index (χ0n) is 7.45. The Labute approximate surface area is 86.7 Å². The third-order valence-corrected chi connectivity index (χ3v) is 3.20. The van der Waals surface area contributed by atoms with Crippen molar-refractivity contribution in [2.24, 2.45) is 0 Å². The van der Waals surface area contributed by atoms with Crippen LogP contribution in [0.4, 0.5) is 0 Å². The number of nitrogens with zero attached hydrogens (tertiary/aromatic N) is 2. The molecule has 1 aromatic rings. The molecule has 2 N–H and O–H groups in total. The van der Waals surface area contributed by atoms with Gasteiger partial charge >= 0.3 is 5.76 Å². The first kappa shape index (κ1) is 9.59. The van der Waals surface area contributed by atoms with Gasteiger partial charge in [-0.3, -0.25) is 10.2 Å². The number of aromatic nitrogens is 2. The van der Waals surface area contributed by atoms with Crippen molar-refractivity contribution in [3.8, 4) is 0 Å². The molecular weight excluding hydrogens is 220 g/mol. The Kier molecular flexibility index (Phi) is 2.59. The van der Waals surface area contributed by atoms with E-state index in [4.69, 9.17) is 4.42 Å². The Morgan fingerprint density at radius 3 is 2.87 bits per heavy atom. The molecule has 2 heterocycles. The fourth-order valence-electron chi connectivity index (χ4n) is 0.993. The number of amides is 1. The predicted molar refractivity (Wildman–Crippen MR) is 54.9 cm³/mol. The topological polar surface area (TPSA) is 89.2 Å². The van der Waals surface area contributed by atoms with Crippen LogP contribution < -0.4 is 16.7 Å². The van der Waals surface area contributed by atoms with E-state index in [1.807, 2.05) is 23.0 Å². The number of allylic oxidation sites excluding steroid dienone is 2. The lowest BCUT2D eigenvalue weighted by Crippen LogP contribution is -2.35. The first-order valence-electron chi connectivity index (χ1n) is 4.00. The number of hydrogen-bond acceptors (Lipinski definition) is 5. The standard InChI is InChI=1S/C7H8N4O3S/c12-5-8-10-11-7(13)14-6(9-11)15-3-1-2-4-15/h1-5,10,15H,(H,8,12). The number of carbonyl (C=O) groups excluding carboxylic acids is 1. The van der Waals surface area contributed by atoms with E-state index in [9.17, 15) is 9.59 Å². The van der Waals surface area contributed by atoms with Gasteiger partial charge in [-0.1, -0.05) is 22.0 Å². The molecule has 1 amide bonds. The third-order valence-electron chi connectivity index (χ3n) is 1.59. The number of hydrogen-bond donors (Lipinski definition) is 3. The molecule has 0 saturated heterocycles. The molecule has 0 aromatic carbocycles. The highest BCUT2D eigenvalue weighted by Gasteiger charge is 2.12. The van der Waals surface area contributed by atoms with Crippen LogP contribution in [0.1, 0.15) is 0 Å². The van der Waals surface area contributed by atoms with Crippen molar-refractivity contribution >= 4 is 17.3 Å². The second-order valence-corrected chi connectivity index (χ2v) is 4.32. The van der Waals surface area contributed by atoms with Gasteiger partial charge in [0.2, 0.25) is 6.41 Å². The van der Waals surface area contributed by atoms with E-state index in [1.165, 1.54) is 0 Å². The van der Waals surface area contributed by atoms with Gasteiger partial charge in [0, 0.05) is 0 Å². The van der Waals surface area contributed by atoms with Gasteiger partial charge < -0.3 is 4.42 Å². The van der Waals surface area contributed by atoms with E-state index in [1.54, 1.807) is 0 Å². The van der Waals surface area contributed by atoms with Crippen molar-refractivity contribution in [3.05, 3.63) is 33.5 Å². The summed E-state index contributed by atoms with van der Waals surface area (Å²) in [5.41, 5.74) is 4.34. The van der Waals surface area contributed by atoms with Gasteiger partial charge in [0.05, 0.1) is 0 Å². The van der Waals surface area contributed by atoms with Crippen molar-refractivity contribution < 1.29 is 9.21 Å². The normalized spacial score (nSPS) is 15.6. The van der Waals surface area contributed by atoms with E-state index < -0.39 is 16.7 Å². The van der Waals surface area contributed by atoms with E-state index in [-0.39, 0.29) is 0 Å². The summed E-state index contributed by atoms with van der Waals surface area (Å²) in [4.78, 5) is 22.0. The molecule has 0 saturated carbocycles. The Morgan fingerprint density at radius 1 is 1.47 bits per heavy atom.